The van der Waals surface area contributed by atoms with E-state index < -0.39 is 39.7 Å². The first-order valence-electron chi connectivity index (χ1n) is 9.47. The van der Waals surface area contributed by atoms with Gasteiger partial charge in [-0.05, 0) is 42.8 Å². The first kappa shape index (κ1) is 23.0. The number of nitrogens with one attached hydrogen (secondary N) is 1. The van der Waals surface area contributed by atoms with E-state index in [1.165, 1.54) is 33.5 Å². The topological polar surface area (TPSA) is 69.7 Å². The summed E-state index contributed by atoms with van der Waals surface area (Å²) in [4.78, 5) is 13.7. The van der Waals surface area contributed by atoms with Gasteiger partial charge in [-0.1, -0.05) is 18.2 Å². The summed E-state index contributed by atoms with van der Waals surface area (Å²) < 4.78 is 78.5. The highest BCUT2D eigenvalue weighted by Gasteiger charge is 2.32. The molecule has 1 heterocycles. The number of sulfonamides is 1. The summed E-state index contributed by atoms with van der Waals surface area (Å²) in [6.07, 6.45) is -4.48. The van der Waals surface area contributed by atoms with Crippen LogP contribution in [-0.2, 0) is 16.2 Å². The SMILES string of the molecule is CC(NC(=O)N1CCN(S(=O)(=O)c2cccc(F)c2)CC1)c1cccc(C(F)(F)F)c1. The Labute approximate surface area is 177 Å². The van der Waals surface area contributed by atoms with Gasteiger partial charge in [0.05, 0.1) is 16.5 Å². The molecular formula is C20H21F4N3O3S. The molecule has 1 aliphatic heterocycles. The van der Waals surface area contributed by atoms with Crippen LogP contribution in [0.5, 0.6) is 0 Å². The number of benzene rings is 2. The number of carbonyl (C=O) groups excluding carboxylic acids is 1. The highest BCUT2D eigenvalue weighted by Crippen LogP contribution is 2.30. The molecule has 168 valence electrons. The molecule has 1 N–H and O–H groups in total. The molecule has 0 radical (unpaired) electrons. The lowest BCUT2D eigenvalue weighted by atomic mass is 10.1. The number of rotatable bonds is 4. The second kappa shape index (κ2) is 8.83. The minimum Gasteiger partial charge on any atom is -0.331 e. The largest absolute Gasteiger partial charge is 0.416 e. The number of urea groups is 1. The van der Waals surface area contributed by atoms with Crippen molar-refractivity contribution in [2.45, 2.75) is 24.0 Å². The summed E-state index contributed by atoms with van der Waals surface area (Å²) in [6, 6.07) is 8.20. The van der Waals surface area contributed by atoms with Gasteiger partial charge in [0.1, 0.15) is 5.82 Å². The van der Waals surface area contributed by atoms with E-state index in [0.29, 0.717) is 5.56 Å². The van der Waals surface area contributed by atoms with Crippen LogP contribution in [0.25, 0.3) is 0 Å². The predicted octanol–water partition coefficient (Wildman–Crippen LogP) is 3.62. The smallest absolute Gasteiger partial charge is 0.331 e. The predicted molar refractivity (Wildman–Crippen MR) is 105 cm³/mol. The van der Waals surface area contributed by atoms with Crippen molar-refractivity contribution in [1.29, 1.82) is 0 Å². The Balaban J connectivity index is 1.60. The van der Waals surface area contributed by atoms with E-state index in [1.54, 1.807) is 6.92 Å². The number of piperazine rings is 1. The Morgan fingerprint density at radius 2 is 1.68 bits per heavy atom. The lowest BCUT2D eigenvalue weighted by Crippen LogP contribution is -2.53. The molecule has 1 fully saturated rings. The minimum atomic E-state index is -4.48. The first-order chi connectivity index (χ1) is 14.5. The maximum absolute atomic E-state index is 13.4. The number of amides is 2. The highest BCUT2D eigenvalue weighted by atomic mass is 32.2. The zero-order valence-corrected chi connectivity index (χ0v) is 17.4. The van der Waals surface area contributed by atoms with Gasteiger partial charge in [-0.2, -0.15) is 17.5 Å². The molecule has 1 unspecified atom stereocenters. The molecule has 0 aliphatic carbocycles. The molecule has 1 saturated heterocycles. The molecule has 0 saturated carbocycles. The molecule has 0 bridgehead atoms. The summed E-state index contributed by atoms with van der Waals surface area (Å²) in [5.74, 6) is -0.664. The molecule has 11 heteroatoms. The number of alkyl halides is 3. The molecule has 1 atom stereocenters. The van der Waals surface area contributed by atoms with Gasteiger partial charge in [0.15, 0.2) is 0 Å². The van der Waals surface area contributed by atoms with Gasteiger partial charge in [0.25, 0.3) is 0 Å². The van der Waals surface area contributed by atoms with Gasteiger partial charge in [-0.15, -0.1) is 0 Å². The zero-order valence-electron chi connectivity index (χ0n) is 16.6. The fourth-order valence-electron chi connectivity index (χ4n) is 3.25. The first-order valence-corrected chi connectivity index (χ1v) is 10.9. The Morgan fingerprint density at radius 1 is 1.03 bits per heavy atom. The molecule has 6 nitrogen and oxygen atoms in total. The molecule has 2 aromatic rings. The van der Waals surface area contributed by atoms with E-state index in [1.807, 2.05) is 0 Å². The number of hydrogen-bond acceptors (Lipinski definition) is 3. The number of halogens is 4. The quantitative estimate of drug-likeness (QED) is 0.710. The minimum absolute atomic E-state index is 0.0181. The van der Waals surface area contributed by atoms with Crippen LogP contribution in [0.4, 0.5) is 22.4 Å². The van der Waals surface area contributed by atoms with Crippen molar-refractivity contribution in [2.24, 2.45) is 0 Å². The fraction of sp³-hybridized carbons (Fsp3) is 0.350. The van der Waals surface area contributed by atoms with Crippen molar-refractivity contribution >= 4 is 16.1 Å². The lowest BCUT2D eigenvalue weighted by Gasteiger charge is -2.34. The maximum Gasteiger partial charge on any atom is 0.416 e. The van der Waals surface area contributed by atoms with Crippen LogP contribution < -0.4 is 5.32 Å². The van der Waals surface area contributed by atoms with Crippen LogP contribution in [0.2, 0.25) is 0 Å². The highest BCUT2D eigenvalue weighted by molar-refractivity contribution is 7.89. The molecule has 2 aromatic carbocycles. The number of nitrogens with zero attached hydrogens (tertiary/aromatic N) is 2. The molecule has 31 heavy (non-hydrogen) atoms. The Kier molecular flexibility index (Phi) is 6.56. The summed E-state index contributed by atoms with van der Waals surface area (Å²) in [7, 11) is -3.89. The van der Waals surface area contributed by atoms with Gasteiger partial charge in [0, 0.05) is 26.2 Å². The van der Waals surface area contributed by atoms with Crippen molar-refractivity contribution in [3.63, 3.8) is 0 Å². The van der Waals surface area contributed by atoms with E-state index in [9.17, 15) is 30.8 Å². The third-order valence-electron chi connectivity index (χ3n) is 5.01. The van der Waals surface area contributed by atoms with Gasteiger partial charge in [-0.3, -0.25) is 0 Å². The van der Waals surface area contributed by atoms with Crippen molar-refractivity contribution in [2.75, 3.05) is 26.2 Å². The van der Waals surface area contributed by atoms with Crippen molar-refractivity contribution < 1.29 is 30.8 Å². The maximum atomic E-state index is 13.4. The van der Waals surface area contributed by atoms with E-state index in [0.717, 1.165) is 24.3 Å². The second-order valence-corrected chi connectivity index (χ2v) is 9.08. The molecule has 0 aromatic heterocycles. The van der Waals surface area contributed by atoms with Gasteiger partial charge in [0.2, 0.25) is 10.0 Å². The van der Waals surface area contributed by atoms with Crippen LogP contribution in [0, 0.1) is 5.82 Å². The van der Waals surface area contributed by atoms with Crippen molar-refractivity contribution in [1.82, 2.24) is 14.5 Å². The standard InChI is InChI=1S/C20H21F4N3O3S/c1-14(15-4-2-5-16(12-15)20(22,23)24)25-19(28)26-8-10-27(11-9-26)31(29,30)18-7-3-6-17(21)13-18/h2-7,12-14H,8-11H2,1H3,(H,25,28). The van der Waals surface area contributed by atoms with Crippen LogP contribution in [0.15, 0.2) is 53.4 Å². The lowest BCUT2D eigenvalue weighted by molar-refractivity contribution is -0.137. The van der Waals surface area contributed by atoms with E-state index >= 15 is 0 Å². The van der Waals surface area contributed by atoms with E-state index in [-0.39, 0.29) is 31.1 Å². The third kappa shape index (κ3) is 5.34. The van der Waals surface area contributed by atoms with E-state index in [2.05, 4.69) is 5.32 Å². The summed E-state index contributed by atoms with van der Waals surface area (Å²) in [5, 5.41) is 2.64. The molecular weight excluding hydrogens is 438 g/mol. The van der Waals surface area contributed by atoms with Crippen LogP contribution in [0.3, 0.4) is 0 Å². The average Bonchev–Trinajstić information content (AvgIpc) is 2.73. The molecule has 2 amide bonds. The molecule has 3 rings (SSSR count). The van der Waals surface area contributed by atoms with Crippen molar-refractivity contribution in [3.05, 3.63) is 65.5 Å². The van der Waals surface area contributed by atoms with Gasteiger partial charge < -0.3 is 10.2 Å². The van der Waals surface area contributed by atoms with Gasteiger partial charge in [-0.25, -0.2) is 17.6 Å². The third-order valence-corrected chi connectivity index (χ3v) is 6.91. The van der Waals surface area contributed by atoms with Crippen LogP contribution >= 0.6 is 0 Å². The Morgan fingerprint density at radius 3 is 2.29 bits per heavy atom. The Bertz CT molecular complexity index is 1050. The number of hydrogen-bond donors (Lipinski definition) is 1. The van der Waals surface area contributed by atoms with Crippen LogP contribution in [-0.4, -0.2) is 49.8 Å². The second-order valence-electron chi connectivity index (χ2n) is 7.14. The van der Waals surface area contributed by atoms with E-state index in [4.69, 9.17) is 0 Å². The molecule has 0 spiro atoms. The van der Waals surface area contributed by atoms with Crippen LogP contribution in [0.1, 0.15) is 24.1 Å². The summed E-state index contributed by atoms with van der Waals surface area (Å²) in [6.45, 7) is 1.79. The zero-order chi connectivity index (χ0) is 22.8. The normalized spacial score (nSPS) is 16.7. The fourth-order valence-corrected chi connectivity index (χ4v) is 4.71. The number of carbonyl (C=O) groups is 1. The summed E-state index contributed by atoms with van der Waals surface area (Å²) >= 11 is 0. The monoisotopic (exact) mass is 459 g/mol. The van der Waals surface area contributed by atoms with Crippen molar-refractivity contribution in [3.8, 4) is 0 Å². The molecule has 1 aliphatic rings. The Hall–Kier alpha value is -2.66. The average molecular weight is 459 g/mol. The summed E-state index contributed by atoms with van der Waals surface area (Å²) in [5.41, 5.74) is -0.502. The van der Waals surface area contributed by atoms with Gasteiger partial charge >= 0.3 is 12.2 Å².